The number of benzene rings is 2. The number of nitrogens with one attached hydrogen (secondary N) is 2. The summed E-state index contributed by atoms with van der Waals surface area (Å²) >= 11 is 1.80. The van der Waals surface area contributed by atoms with E-state index in [-0.39, 0.29) is 17.9 Å². The summed E-state index contributed by atoms with van der Waals surface area (Å²) in [4.78, 5) is 28.2. The van der Waals surface area contributed by atoms with Crippen molar-refractivity contribution in [3.05, 3.63) is 48.5 Å². The van der Waals surface area contributed by atoms with Crippen molar-refractivity contribution in [3.63, 3.8) is 0 Å². The molecular formula is C20H21N3O2S. The van der Waals surface area contributed by atoms with E-state index in [1.54, 1.807) is 11.8 Å². The van der Waals surface area contributed by atoms with Gasteiger partial charge < -0.3 is 15.5 Å². The van der Waals surface area contributed by atoms with Gasteiger partial charge >= 0.3 is 0 Å². The third-order valence-corrected chi connectivity index (χ3v) is 5.83. The second-order valence-corrected chi connectivity index (χ2v) is 7.58. The van der Waals surface area contributed by atoms with Crippen LogP contribution < -0.4 is 15.5 Å². The molecular weight excluding hydrogens is 346 g/mol. The fraction of sp³-hybridized carbons (Fsp3) is 0.300. The predicted molar refractivity (Wildman–Crippen MR) is 103 cm³/mol. The quantitative estimate of drug-likeness (QED) is 0.798. The average Bonchev–Trinajstić information content (AvgIpc) is 3.10. The Morgan fingerprint density at radius 1 is 1.12 bits per heavy atom. The van der Waals surface area contributed by atoms with Crippen molar-refractivity contribution in [1.82, 2.24) is 10.6 Å². The van der Waals surface area contributed by atoms with Crippen LogP contribution in [-0.4, -0.2) is 30.9 Å². The molecule has 0 saturated carbocycles. The largest absolute Gasteiger partial charge is 0.354 e. The van der Waals surface area contributed by atoms with E-state index in [1.165, 1.54) is 21.2 Å². The van der Waals surface area contributed by atoms with E-state index in [1.807, 2.05) is 0 Å². The molecule has 0 bridgehead atoms. The van der Waals surface area contributed by atoms with Crippen LogP contribution in [0.2, 0.25) is 0 Å². The van der Waals surface area contributed by atoms with E-state index in [2.05, 4.69) is 64.1 Å². The van der Waals surface area contributed by atoms with Gasteiger partial charge in [0, 0.05) is 29.3 Å². The Bertz CT molecular complexity index is 794. The molecule has 0 radical (unpaired) electrons. The molecule has 2 aliphatic rings. The Hall–Kier alpha value is -2.47. The summed E-state index contributed by atoms with van der Waals surface area (Å²) in [7, 11) is 0. The van der Waals surface area contributed by atoms with Gasteiger partial charge in [0.1, 0.15) is 6.04 Å². The number of carbonyl (C=O) groups is 2. The molecule has 2 heterocycles. The molecule has 0 aliphatic carbocycles. The van der Waals surface area contributed by atoms with Gasteiger partial charge in [0.15, 0.2) is 0 Å². The summed E-state index contributed by atoms with van der Waals surface area (Å²) in [6.07, 6.45) is 1.87. The fourth-order valence-corrected chi connectivity index (χ4v) is 4.50. The minimum absolute atomic E-state index is 0.0378. The molecule has 2 aromatic rings. The molecule has 0 spiro atoms. The molecule has 2 aromatic carbocycles. The van der Waals surface area contributed by atoms with E-state index in [9.17, 15) is 9.59 Å². The molecule has 26 heavy (non-hydrogen) atoms. The van der Waals surface area contributed by atoms with Crippen LogP contribution in [0.4, 0.5) is 11.4 Å². The van der Waals surface area contributed by atoms with Crippen molar-refractivity contribution in [3.8, 4) is 0 Å². The Kier molecular flexibility index (Phi) is 4.84. The maximum absolute atomic E-state index is 12.1. The predicted octanol–water partition coefficient (Wildman–Crippen LogP) is 3.07. The smallest absolute Gasteiger partial charge is 0.242 e. The lowest BCUT2D eigenvalue weighted by Crippen LogP contribution is -2.42. The van der Waals surface area contributed by atoms with Gasteiger partial charge in [0.05, 0.1) is 11.4 Å². The topological polar surface area (TPSA) is 61.4 Å². The molecule has 134 valence electrons. The Morgan fingerprint density at radius 3 is 2.38 bits per heavy atom. The van der Waals surface area contributed by atoms with Crippen LogP contribution in [0, 0.1) is 0 Å². The minimum atomic E-state index is -0.365. The molecule has 1 saturated heterocycles. The van der Waals surface area contributed by atoms with Gasteiger partial charge in [0.25, 0.3) is 0 Å². The van der Waals surface area contributed by atoms with Gasteiger partial charge in [-0.25, -0.2) is 0 Å². The molecule has 2 amide bonds. The molecule has 2 aliphatic heterocycles. The lowest BCUT2D eigenvalue weighted by Gasteiger charge is -2.32. The van der Waals surface area contributed by atoms with Crippen molar-refractivity contribution in [1.29, 1.82) is 0 Å². The van der Waals surface area contributed by atoms with Gasteiger partial charge in [-0.1, -0.05) is 36.0 Å². The number of rotatable bonds is 5. The van der Waals surface area contributed by atoms with E-state index in [0.717, 1.165) is 13.0 Å². The number of hydrogen-bond donors (Lipinski definition) is 2. The summed E-state index contributed by atoms with van der Waals surface area (Å²) in [6, 6.07) is 16.5. The molecule has 0 aromatic heterocycles. The lowest BCUT2D eigenvalue weighted by atomic mass is 10.2. The monoisotopic (exact) mass is 367 g/mol. The first-order valence-corrected chi connectivity index (χ1v) is 9.74. The van der Waals surface area contributed by atoms with Gasteiger partial charge in [-0.3, -0.25) is 9.59 Å². The highest BCUT2D eigenvalue weighted by Gasteiger charge is 2.27. The molecule has 1 fully saturated rings. The summed E-state index contributed by atoms with van der Waals surface area (Å²) < 4.78 is 0. The molecule has 5 nitrogen and oxygen atoms in total. The third-order valence-electron chi connectivity index (χ3n) is 4.70. The van der Waals surface area contributed by atoms with Crippen LogP contribution in [0.3, 0.4) is 0 Å². The zero-order valence-electron chi connectivity index (χ0n) is 14.4. The van der Waals surface area contributed by atoms with Crippen molar-refractivity contribution in [2.45, 2.75) is 35.1 Å². The minimum Gasteiger partial charge on any atom is -0.354 e. The Morgan fingerprint density at radius 2 is 1.77 bits per heavy atom. The third kappa shape index (κ3) is 3.42. The standard InChI is InChI=1S/C20H21N3O2S/c24-19-11-10-14(22-19)20(25)21-12-5-13-23-15-6-1-3-8-17(15)26-18-9-4-2-7-16(18)23/h1-4,6-9,14H,5,10-13H2,(H,21,25)(H,22,24)/t14-/m0/s1. The average molecular weight is 367 g/mol. The normalized spacial score (nSPS) is 18.1. The van der Waals surface area contributed by atoms with Crippen molar-refractivity contribution >= 4 is 35.0 Å². The molecule has 6 heteroatoms. The number of anilines is 2. The van der Waals surface area contributed by atoms with Crippen molar-refractivity contribution in [2.75, 3.05) is 18.0 Å². The number of carbonyl (C=O) groups excluding carboxylic acids is 2. The van der Waals surface area contributed by atoms with Gasteiger partial charge in [-0.15, -0.1) is 0 Å². The highest BCUT2D eigenvalue weighted by Crippen LogP contribution is 2.47. The first-order chi connectivity index (χ1) is 12.7. The summed E-state index contributed by atoms with van der Waals surface area (Å²) in [6.45, 7) is 1.42. The highest BCUT2D eigenvalue weighted by atomic mass is 32.2. The summed E-state index contributed by atoms with van der Waals surface area (Å²) in [5, 5.41) is 5.65. The molecule has 2 N–H and O–H groups in total. The van der Waals surface area contributed by atoms with Gasteiger partial charge in [0.2, 0.25) is 11.8 Å². The molecule has 4 rings (SSSR count). The molecule has 0 unspecified atom stereocenters. The van der Waals surface area contributed by atoms with Crippen LogP contribution in [0.25, 0.3) is 0 Å². The zero-order chi connectivity index (χ0) is 17.9. The Labute approximate surface area is 157 Å². The number of amides is 2. The van der Waals surface area contributed by atoms with E-state index >= 15 is 0 Å². The van der Waals surface area contributed by atoms with Crippen molar-refractivity contribution < 1.29 is 9.59 Å². The van der Waals surface area contributed by atoms with E-state index in [4.69, 9.17) is 0 Å². The van der Waals surface area contributed by atoms with Crippen LogP contribution in [0.1, 0.15) is 19.3 Å². The van der Waals surface area contributed by atoms with Crippen LogP contribution in [-0.2, 0) is 9.59 Å². The second kappa shape index (κ2) is 7.41. The van der Waals surface area contributed by atoms with Gasteiger partial charge in [-0.2, -0.15) is 0 Å². The van der Waals surface area contributed by atoms with Crippen LogP contribution >= 0.6 is 11.8 Å². The SMILES string of the molecule is O=C1CC[C@@H](C(=O)NCCCN2c3ccccc3Sc3ccccc32)N1. The zero-order valence-corrected chi connectivity index (χ0v) is 15.2. The first-order valence-electron chi connectivity index (χ1n) is 8.93. The second-order valence-electron chi connectivity index (χ2n) is 6.49. The number of fused-ring (bicyclic) bond motifs is 2. The first kappa shape index (κ1) is 17.0. The fourth-order valence-electron chi connectivity index (χ4n) is 3.40. The molecule has 1 atom stereocenters. The number of hydrogen-bond acceptors (Lipinski definition) is 4. The highest BCUT2D eigenvalue weighted by molar-refractivity contribution is 7.99. The van der Waals surface area contributed by atoms with Gasteiger partial charge in [-0.05, 0) is 37.1 Å². The summed E-state index contributed by atoms with van der Waals surface area (Å²) in [5.74, 6) is -0.116. The summed E-state index contributed by atoms with van der Waals surface area (Å²) in [5.41, 5.74) is 2.43. The Balaban J connectivity index is 1.39. The van der Waals surface area contributed by atoms with Crippen molar-refractivity contribution in [2.24, 2.45) is 0 Å². The van der Waals surface area contributed by atoms with Crippen LogP contribution in [0.5, 0.6) is 0 Å². The maximum Gasteiger partial charge on any atom is 0.242 e. The number of para-hydroxylation sites is 2. The van der Waals surface area contributed by atoms with Crippen LogP contribution in [0.15, 0.2) is 58.3 Å². The number of nitrogens with zero attached hydrogens (tertiary/aromatic N) is 1. The van der Waals surface area contributed by atoms with E-state index in [0.29, 0.717) is 19.4 Å². The van der Waals surface area contributed by atoms with E-state index < -0.39 is 0 Å². The maximum atomic E-state index is 12.1. The lowest BCUT2D eigenvalue weighted by molar-refractivity contribution is -0.125.